The summed E-state index contributed by atoms with van der Waals surface area (Å²) in [5.41, 5.74) is -1.07. The topological polar surface area (TPSA) is 68.3 Å². The molecule has 1 rings (SSSR count). The number of hydrogen-bond acceptors (Lipinski definition) is 4. The van der Waals surface area contributed by atoms with Crippen LogP contribution in [-0.4, -0.2) is 23.0 Å². The second-order valence-corrected chi connectivity index (χ2v) is 5.18. The molecule has 0 fully saturated rings. The fraction of sp³-hybridized carbons (Fsp3) is 0.462. The molecule has 0 radical (unpaired) electrons. The van der Waals surface area contributed by atoms with Crippen molar-refractivity contribution in [1.29, 1.82) is 0 Å². The Kier molecular flexibility index (Phi) is 4.06. The quantitative estimate of drug-likeness (QED) is 0.833. The fourth-order valence-electron chi connectivity index (χ4n) is 1.38. The molecule has 98 valence electrons. The number of ether oxygens (including phenoxy) is 1. The van der Waals surface area contributed by atoms with Crippen LogP contribution in [0.5, 0.6) is 0 Å². The van der Waals surface area contributed by atoms with Gasteiger partial charge in [-0.05, 0) is 45.4 Å². The van der Waals surface area contributed by atoms with Crippen LogP contribution in [0.2, 0.25) is 0 Å². The Morgan fingerprint density at radius 1 is 1.28 bits per heavy atom. The molecule has 0 aromatic carbocycles. The molecule has 0 saturated carbocycles. The average Bonchev–Trinajstić information content (AvgIpc) is 2.27. The molecule has 5 nitrogen and oxygen atoms in total. The van der Waals surface area contributed by atoms with Crippen molar-refractivity contribution in [1.82, 2.24) is 10.3 Å². The van der Waals surface area contributed by atoms with Gasteiger partial charge < -0.3 is 14.8 Å². The molecule has 1 atom stereocenters. The molecule has 1 aromatic heterocycles. The van der Waals surface area contributed by atoms with Gasteiger partial charge in [-0.15, -0.1) is 0 Å². The Bertz CT molecular complexity index is 426. The van der Waals surface area contributed by atoms with Gasteiger partial charge >= 0.3 is 6.09 Å². The summed E-state index contributed by atoms with van der Waals surface area (Å²) in [7, 11) is 0. The van der Waals surface area contributed by atoms with E-state index in [9.17, 15) is 9.59 Å². The number of aldehydes is 1. The number of alkyl carbamates (subject to hydrolysis) is 1. The summed E-state index contributed by atoms with van der Waals surface area (Å²) in [4.78, 5) is 26.8. The minimum absolute atomic E-state index is 0.605. The summed E-state index contributed by atoms with van der Waals surface area (Å²) in [6.45, 7) is 6.89. The lowest BCUT2D eigenvalue weighted by Crippen LogP contribution is -2.46. The maximum atomic E-state index is 11.7. The Balaban J connectivity index is 2.85. The molecule has 0 bridgehead atoms. The van der Waals surface area contributed by atoms with Gasteiger partial charge in [0.1, 0.15) is 17.4 Å². The second kappa shape index (κ2) is 5.16. The van der Waals surface area contributed by atoms with Crippen molar-refractivity contribution < 1.29 is 14.3 Å². The number of carbonyl (C=O) groups excluding carboxylic acids is 2. The van der Waals surface area contributed by atoms with Crippen molar-refractivity contribution in [2.75, 3.05) is 0 Å². The standard InChI is InChI=1S/C13H18N2O3/c1-12(2,3)18-11(17)15-13(4,9-16)10-5-7-14-8-6-10/h5-9H,1-4H3,(H,15,17). The number of nitrogens with zero attached hydrogens (tertiary/aromatic N) is 1. The van der Waals surface area contributed by atoms with Crippen molar-refractivity contribution in [3.63, 3.8) is 0 Å². The van der Waals surface area contributed by atoms with Crippen molar-refractivity contribution in [2.45, 2.75) is 38.8 Å². The maximum absolute atomic E-state index is 11.7. The van der Waals surface area contributed by atoms with E-state index in [0.29, 0.717) is 11.8 Å². The molecule has 0 aliphatic heterocycles. The van der Waals surface area contributed by atoms with Gasteiger partial charge in [0.2, 0.25) is 0 Å². The van der Waals surface area contributed by atoms with E-state index >= 15 is 0 Å². The van der Waals surface area contributed by atoms with Gasteiger partial charge in [-0.2, -0.15) is 0 Å². The van der Waals surface area contributed by atoms with Crippen LogP contribution in [0.15, 0.2) is 24.5 Å². The molecule has 0 aliphatic carbocycles. The molecule has 5 heteroatoms. The van der Waals surface area contributed by atoms with E-state index in [4.69, 9.17) is 4.74 Å². The minimum Gasteiger partial charge on any atom is -0.444 e. The SMILES string of the molecule is CC(C)(C)OC(=O)NC(C)(C=O)c1ccncc1. The number of rotatable bonds is 3. The molecule has 1 aromatic rings. The first kappa shape index (κ1) is 14.2. The minimum atomic E-state index is -1.12. The lowest BCUT2D eigenvalue weighted by atomic mass is 9.95. The van der Waals surface area contributed by atoms with Gasteiger partial charge in [-0.3, -0.25) is 4.98 Å². The van der Waals surface area contributed by atoms with Crippen LogP contribution in [0.3, 0.4) is 0 Å². The van der Waals surface area contributed by atoms with Crippen LogP contribution in [0.4, 0.5) is 4.79 Å². The number of carbonyl (C=O) groups is 2. The summed E-state index contributed by atoms with van der Waals surface area (Å²) >= 11 is 0. The van der Waals surface area contributed by atoms with E-state index in [0.717, 1.165) is 0 Å². The van der Waals surface area contributed by atoms with E-state index in [1.165, 1.54) is 0 Å². The number of hydrogen-bond donors (Lipinski definition) is 1. The molecule has 0 aliphatic rings. The van der Waals surface area contributed by atoms with Crippen molar-refractivity contribution >= 4 is 12.4 Å². The van der Waals surface area contributed by atoms with Crippen molar-refractivity contribution in [3.8, 4) is 0 Å². The number of amides is 1. The van der Waals surface area contributed by atoms with E-state index < -0.39 is 17.2 Å². The van der Waals surface area contributed by atoms with Crippen LogP contribution in [0.25, 0.3) is 0 Å². The Morgan fingerprint density at radius 2 is 1.83 bits per heavy atom. The largest absolute Gasteiger partial charge is 0.444 e. The first-order chi connectivity index (χ1) is 8.27. The maximum Gasteiger partial charge on any atom is 0.408 e. The zero-order valence-electron chi connectivity index (χ0n) is 11.1. The van der Waals surface area contributed by atoms with Crippen LogP contribution in [0, 0.1) is 0 Å². The van der Waals surface area contributed by atoms with Crippen LogP contribution < -0.4 is 5.32 Å². The monoisotopic (exact) mass is 250 g/mol. The molecule has 0 saturated heterocycles. The van der Waals surface area contributed by atoms with Gasteiger partial charge in [-0.1, -0.05) is 0 Å². The third-order valence-corrected chi connectivity index (χ3v) is 2.28. The van der Waals surface area contributed by atoms with Crippen LogP contribution in [0.1, 0.15) is 33.3 Å². The second-order valence-electron chi connectivity index (χ2n) is 5.18. The molecule has 1 N–H and O–H groups in total. The van der Waals surface area contributed by atoms with Crippen LogP contribution >= 0.6 is 0 Å². The predicted molar refractivity (Wildman–Crippen MR) is 67.0 cm³/mol. The summed E-state index contributed by atoms with van der Waals surface area (Å²) in [6, 6.07) is 3.34. The summed E-state index contributed by atoms with van der Waals surface area (Å²) in [6.07, 6.45) is 3.17. The zero-order chi connectivity index (χ0) is 13.8. The third-order valence-electron chi connectivity index (χ3n) is 2.28. The Hall–Kier alpha value is -1.91. The zero-order valence-corrected chi connectivity index (χ0v) is 11.1. The van der Waals surface area contributed by atoms with E-state index in [2.05, 4.69) is 10.3 Å². The Labute approximate surface area is 107 Å². The molecule has 1 unspecified atom stereocenters. The predicted octanol–water partition coefficient (Wildman–Crippen LogP) is 2.02. The summed E-state index contributed by atoms with van der Waals surface area (Å²) in [5.74, 6) is 0. The summed E-state index contributed by atoms with van der Waals surface area (Å²) < 4.78 is 5.13. The highest BCUT2D eigenvalue weighted by Gasteiger charge is 2.30. The molecule has 1 heterocycles. The normalized spacial score (nSPS) is 14.4. The highest BCUT2D eigenvalue weighted by Crippen LogP contribution is 2.18. The van der Waals surface area contributed by atoms with Gasteiger partial charge in [0, 0.05) is 12.4 Å². The fourth-order valence-corrected chi connectivity index (χ4v) is 1.38. The van der Waals surface area contributed by atoms with E-state index in [1.807, 2.05) is 0 Å². The first-order valence-corrected chi connectivity index (χ1v) is 5.65. The molecule has 0 spiro atoms. The van der Waals surface area contributed by atoms with Crippen LogP contribution in [-0.2, 0) is 15.1 Å². The van der Waals surface area contributed by atoms with Gasteiger partial charge in [0.25, 0.3) is 0 Å². The smallest absolute Gasteiger partial charge is 0.408 e. The Morgan fingerprint density at radius 3 is 2.28 bits per heavy atom. The van der Waals surface area contributed by atoms with Gasteiger partial charge in [-0.25, -0.2) is 4.79 Å². The highest BCUT2D eigenvalue weighted by atomic mass is 16.6. The molecular formula is C13H18N2O3. The van der Waals surface area contributed by atoms with E-state index in [1.54, 1.807) is 52.2 Å². The van der Waals surface area contributed by atoms with Gasteiger partial charge in [0.05, 0.1) is 0 Å². The number of nitrogens with one attached hydrogen (secondary N) is 1. The summed E-state index contributed by atoms with van der Waals surface area (Å²) in [5, 5.41) is 2.56. The molecule has 18 heavy (non-hydrogen) atoms. The van der Waals surface area contributed by atoms with Gasteiger partial charge in [0.15, 0.2) is 0 Å². The first-order valence-electron chi connectivity index (χ1n) is 5.65. The number of aromatic nitrogens is 1. The third kappa shape index (κ3) is 3.84. The highest BCUT2D eigenvalue weighted by molar-refractivity contribution is 5.77. The van der Waals surface area contributed by atoms with Crippen molar-refractivity contribution in [3.05, 3.63) is 30.1 Å². The average molecular weight is 250 g/mol. The lowest BCUT2D eigenvalue weighted by Gasteiger charge is -2.27. The molecule has 1 amide bonds. The van der Waals surface area contributed by atoms with Crippen molar-refractivity contribution in [2.24, 2.45) is 0 Å². The molecular weight excluding hydrogens is 232 g/mol. The van der Waals surface area contributed by atoms with E-state index in [-0.39, 0.29) is 0 Å². The lowest BCUT2D eigenvalue weighted by molar-refractivity contribution is -0.113. The number of pyridine rings is 1.